The van der Waals surface area contributed by atoms with Gasteiger partial charge in [0.25, 0.3) is 5.65 Å². The van der Waals surface area contributed by atoms with Crippen LogP contribution >= 0.6 is 11.3 Å². The van der Waals surface area contributed by atoms with Crippen molar-refractivity contribution in [1.29, 1.82) is 0 Å². The first-order chi connectivity index (χ1) is 7.72. The molecule has 0 atom stereocenters. The number of fused-ring (bicyclic) bond motifs is 3. The van der Waals surface area contributed by atoms with Gasteiger partial charge in [0.1, 0.15) is 11.9 Å². The lowest BCUT2D eigenvalue weighted by Gasteiger charge is -1.92. The highest BCUT2D eigenvalue weighted by atomic mass is 32.1. The predicted molar refractivity (Wildman–Crippen MR) is 68.1 cm³/mol. The molecule has 0 aliphatic rings. The van der Waals surface area contributed by atoms with Crippen molar-refractivity contribution in [2.75, 3.05) is 0 Å². The fourth-order valence-electron chi connectivity index (χ4n) is 2.28. The van der Waals surface area contributed by atoms with Crippen LogP contribution in [0.15, 0.2) is 23.7 Å². The second-order valence-electron chi connectivity index (χ2n) is 4.23. The topological polar surface area (TPSA) is 9.03 Å². The molecule has 0 amide bonds. The molecule has 0 saturated heterocycles. The minimum Gasteiger partial charge on any atom is -0.230 e. The van der Waals surface area contributed by atoms with Gasteiger partial charge in [-0.1, -0.05) is 6.92 Å². The summed E-state index contributed by atoms with van der Waals surface area (Å²) in [5, 5.41) is 3.60. The fourth-order valence-corrected chi connectivity index (χ4v) is 3.31. The number of thiophene rings is 1. The van der Waals surface area contributed by atoms with Crippen molar-refractivity contribution in [3.63, 3.8) is 0 Å². The molecule has 3 aromatic rings. The Morgan fingerprint density at radius 1 is 1.38 bits per heavy atom. The van der Waals surface area contributed by atoms with Crippen molar-refractivity contribution in [3.8, 4) is 0 Å². The van der Waals surface area contributed by atoms with E-state index in [1.807, 2.05) is 11.3 Å². The van der Waals surface area contributed by atoms with Crippen LogP contribution in [0.5, 0.6) is 0 Å². The van der Waals surface area contributed by atoms with E-state index < -0.39 is 0 Å². The summed E-state index contributed by atoms with van der Waals surface area (Å²) in [5.74, 6) is 0. The maximum atomic E-state index is 2.31. The third-order valence-corrected chi connectivity index (χ3v) is 4.39. The molecule has 3 aromatic heterocycles. The van der Waals surface area contributed by atoms with E-state index in [1.54, 1.807) is 0 Å². The molecule has 0 radical (unpaired) electrons. The number of imidazole rings is 1. The Labute approximate surface area is 98.8 Å². The summed E-state index contributed by atoms with van der Waals surface area (Å²) in [4.78, 5) is 1.35. The van der Waals surface area contributed by atoms with Gasteiger partial charge in [-0.25, -0.2) is 4.57 Å². The first kappa shape index (κ1) is 9.85. The van der Waals surface area contributed by atoms with Crippen molar-refractivity contribution >= 4 is 27.2 Å². The number of rotatable bonds is 1. The Kier molecular flexibility index (Phi) is 2.04. The lowest BCUT2D eigenvalue weighted by molar-refractivity contribution is -0.478. The van der Waals surface area contributed by atoms with Gasteiger partial charge >= 0.3 is 0 Å². The van der Waals surface area contributed by atoms with Crippen LogP contribution in [0.4, 0.5) is 0 Å². The van der Waals surface area contributed by atoms with E-state index >= 15 is 0 Å². The van der Waals surface area contributed by atoms with Crippen LogP contribution in [-0.4, -0.2) is 4.57 Å². The maximum Gasteiger partial charge on any atom is 0.287 e. The van der Waals surface area contributed by atoms with Crippen molar-refractivity contribution in [2.45, 2.75) is 20.3 Å². The second-order valence-corrected chi connectivity index (χ2v) is 5.09. The Morgan fingerprint density at radius 2 is 2.19 bits per heavy atom. The van der Waals surface area contributed by atoms with Crippen LogP contribution in [0.2, 0.25) is 0 Å². The molecule has 16 heavy (non-hydrogen) atoms. The Morgan fingerprint density at radius 3 is 2.94 bits per heavy atom. The fraction of sp³-hybridized carbons (Fsp3) is 0.308. The van der Waals surface area contributed by atoms with E-state index in [1.165, 1.54) is 27.1 Å². The first-order valence-electron chi connectivity index (χ1n) is 5.59. The summed E-state index contributed by atoms with van der Waals surface area (Å²) in [7, 11) is 2.14. The zero-order chi connectivity index (χ0) is 11.3. The van der Waals surface area contributed by atoms with Crippen molar-refractivity contribution in [1.82, 2.24) is 4.57 Å². The highest BCUT2D eigenvalue weighted by molar-refractivity contribution is 7.16. The Hall–Kier alpha value is -1.35. The lowest BCUT2D eigenvalue weighted by Crippen LogP contribution is -2.18. The molecule has 82 valence electrons. The third-order valence-electron chi connectivity index (χ3n) is 3.28. The maximum absolute atomic E-state index is 2.31. The first-order valence-corrected chi connectivity index (χ1v) is 6.47. The molecule has 3 heterocycles. The van der Waals surface area contributed by atoms with Gasteiger partial charge in [0.05, 0.1) is 7.05 Å². The highest BCUT2D eigenvalue weighted by Gasteiger charge is 2.16. The molecular weight excluding hydrogens is 216 g/mol. The minimum absolute atomic E-state index is 1.07. The van der Waals surface area contributed by atoms with Gasteiger partial charge in [-0.05, 0) is 23.9 Å². The molecule has 3 rings (SSSR count). The molecule has 0 unspecified atom stereocenters. The van der Waals surface area contributed by atoms with Crippen LogP contribution in [0.25, 0.3) is 15.9 Å². The molecule has 3 heteroatoms. The predicted octanol–water partition coefficient (Wildman–Crippen LogP) is 2.85. The van der Waals surface area contributed by atoms with Crippen LogP contribution in [-0.2, 0) is 13.5 Å². The van der Waals surface area contributed by atoms with Crippen LogP contribution in [0.1, 0.15) is 18.2 Å². The molecule has 0 spiro atoms. The zero-order valence-corrected chi connectivity index (χ0v) is 10.6. The smallest absolute Gasteiger partial charge is 0.230 e. The SMILES string of the molecule is CCc1c[n+]2c3scc(C)c3ccc2n1C. The largest absolute Gasteiger partial charge is 0.287 e. The van der Waals surface area contributed by atoms with Gasteiger partial charge < -0.3 is 0 Å². The third kappa shape index (κ3) is 1.15. The van der Waals surface area contributed by atoms with Crippen LogP contribution in [0, 0.1) is 6.92 Å². The number of pyridine rings is 1. The van der Waals surface area contributed by atoms with E-state index in [0.29, 0.717) is 0 Å². The summed E-state index contributed by atoms with van der Waals surface area (Å²) < 4.78 is 4.58. The molecule has 0 aliphatic heterocycles. The summed E-state index contributed by atoms with van der Waals surface area (Å²) in [6.45, 7) is 4.38. The van der Waals surface area contributed by atoms with Gasteiger partial charge in [-0.15, -0.1) is 11.3 Å². The molecule has 0 bridgehead atoms. The van der Waals surface area contributed by atoms with Gasteiger partial charge in [-0.3, -0.25) is 0 Å². The van der Waals surface area contributed by atoms with Gasteiger partial charge in [0.15, 0.2) is 4.83 Å². The molecule has 0 aromatic carbocycles. The average molecular weight is 231 g/mol. The van der Waals surface area contributed by atoms with Gasteiger partial charge in [0.2, 0.25) is 0 Å². The Bertz CT molecular complexity index is 676. The van der Waals surface area contributed by atoms with Gasteiger partial charge in [-0.2, -0.15) is 4.40 Å². The number of hydrogen-bond acceptors (Lipinski definition) is 1. The molecule has 0 aliphatic carbocycles. The summed E-state index contributed by atoms with van der Waals surface area (Å²) in [6, 6.07) is 4.44. The highest BCUT2D eigenvalue weighted by Crippen LogP contribution is 2.23. The van der Waals surface area contributed by atoms with Crippen LogP contribution in [0.3, 0.4) is 0 Å². The van der Waals surface area contributed by atoms with Crippen molar-refractivity contribution in [3.05, 3.63) is 35.0 Å². The van der Waals surface area contributed by atoms with Crippen molar-refractivity contribution in [2.24, 2.45) is 7.05 Å². The summed E-state index contributed by atoms with van der Waals surface area (Å²) in [5.41, 5.74) is 4.01. The van der Waals surface area contributed by atoms with E-state index in [9.17, 15) is 0 Å². The quantitative estimate of drug-likeness (QED) is 0.570. The molecular formula is C13H15N2S+. The zero-order valence-electron chi connectivity index (χ0n) is 9.82. The average Bonchev–Trinajstić information content (AvgIpc) is 2.81. The number of aryl methyl sites for hydroxylation is 3. The van der Waals surface area contributed by atoms with Crippen molar-refractivity contribution < 1.29 is 4.40 Å². The number of hydrogen-bond donors (Lipinski definition) is 0. The normalized spacial score (nSPS) is 11.7. The standard InChI is InChI=1S/C13H15N2S/c1-4-10-7-15-12(14(10)3)6-5-11-9(2)8-16-13(11)15/h5-8H,4H2,1-3H3/q+1. The van der Waals surface area contributed by atoms with E-state index in [-0.39, 0.29) is 0 Å². The Balaban J connectivity index is 2.51. The van der Waals surface area contributed by atoms with Gasteiger partial charge in [0, 0.05) is 17.9 Å². The second kappa shape index (κ2) is 3.32. The number of aromatic nitrogens is 2. The van der Waals surface area contributed by atoms with E-state index in [0.717, 1.165) is 6.42 Å². The minimum atomic E-state index is 1.07. The monoisotopic (exact) mass is 231 g/mol. The van der Waals surface area contributed by atoms with Crippen LogP contribution < -0.4 is 4.40 Å². The number of nitrogens with zero attached hydrogens (tertiary/aromatic N) is 2. The molecule has 0 saturated carbocycles. The lowest BCUT2D eigenvalue weighted by atomic mass is 10.2. The molecule has 2 nitrogen and oxygen atoms in total. The summed E-state index contributed by atoms with van der Waals surface area (Å²) >= 11 is 1.83. The van der Waals surface area contributed by atoms with E-state index in [2.05, 4.69) is 53.6 Å². The molecule has 0 fully saturated rings. The molecule has 0 N–H and O–H groups in total. The summed E-state index contributed by atoms with van der Waals surface area (Å²) in [6.07, 6.45) is 3.33. The van der Waals surface area contributed by atoms with E-state index in [4.69, 9.17) is 0 Å².